The zero-order chi connectivity index (χ0) is 18.9. The van der Waals surface area contributed by atoms with Crippen molar-refractivity contribution in [1.82, 2.24) is 25.3 Å². The molecule has 7 heteroatoms. The number of rotatable bonds is 9. The van der Waals surface area contributed by atoms with Crippen LogP contribution in [0.3, 0.4) is 0 Å². The number of guanidine groups is 1. The van der Waals surface area contributed by atoms with E-state index >= 15 is 0 Å². The highest BCUT2D eigenvalue weighted by molar-refractivity contribution is 5.80. The summed E-state index contributed by atoms with van der Waals surface area (Å²) in [6.07, 6.45) is 4.84. The van der Waals surface area contributed by atoms with Gasteiger partial charge in [-0.05, 0) is 44.2 Å². The minimum Gasteiger partial charge on any atom is -0.357 e. The molecule has 144 valence electrons. The van der Waals surface area contributed by atoms with Crippen LogP contribution in [0.4, 0.5) is 0 Å². The Morgan fingerprint density at radius 3 is 2.89 bits per heavy atom. The molecule has 7 nitrogen and oxygen atoms in total. The molecule has 27 heavy (non-hydrogen) atoms. The van der Waals surface area contributed by atoms with Crippen LogP contribution in [-0.2, 0) is 13.0 Å². The molecule has 0 aliphatic carbocycles. The largest absolute Gasteiger partial charge is 0.357 e. The molecule has 0 spiro atoms. The summed E-state index contributed by atoms with van der Waals surface area (Å²) in [6, 6.07) is 10.6. The van der Waals surface area contributed by atoms with E-state index < -0.39 is 0 Å². The summed E-state index contributed by atoms with van der Waals surface area (Å²) in [6.45, 7) is 7.31. The molecule has 0 saturated heterocycles. The molecule has 0 bridgehead atoms. The normalized spacial score (nSPS) is 11.9. The van der Waals surface area contributed by atoms with Crippen LogP contribution in [0, 0.1) is 6.92 Å². The number of para-hydroxylation sites is 1. The molecule has 3 aromatic rings. The first-order valence-corrected chi connectivity index (χ1v) is 9.61. The van der Waals surface area contributed by atoms with Crippen molar-refractivity contribution in [3.63, 3.8) is 0 Å². The van der Waals surface area contributed by atoms with Gasteiger partial charge in [-0.3, -0.25) is 4.99 Å². The number of aryl methyl sites for hydroxylation is 3. The van der Waals surface area contributed by atoms with Gasteiger partial charge in [-0.15, -0.1) is 0 Å². The Balaban J connectivity index is 1.41. The van der Waals surface area contributed by atoms with Crippen molar-refractivity contribution in [2.45, 2.75) is 39.7 Å². The monoisotopic (exact) mass is 368 g/mol. The number of aromatic nitrogens is 3. The lowest BCUT2D eigenvalue weighted by molar-refractivity contribution is 0.372. The summed E-state index contributed by atoms with van der Waals surface area (Å²) < 4.78 is 7.42. The van der Waals surface area contributed by atoms with Gasteiger partial charge in [0.15, 0.2) is 11.8 Å². The molecule has 0 aliphatic rings. The highest BCUT2D eigenvalue weighted by atomic mass is 16.5. The Hall–Kier alpha value is -2.83. The van der Waals surface area contributed by atoms with Gasteiger partial charge in [-0.1, -0.05) is 23.4 Å². The van der Waals surface area contributed by atoms with Gasteiger partial charge < -0.3 is 19.7 Å². The molecule has 0 fully saturated rings. The first kappa shape index (κ1) is 18.9. The quantitative estimate of drug-likeness (QED) is 0.345. The van der Waals surface area contributed by atoms with Gasteiger partial charge in [0.25, 0.3) is 0 Å². The number of hydrogen-bond donors (Lipinski definition) is 2. The third kappa shape index (κ3) is 5.57. The number of nitrogens with zero attached hydrogens (tertiary/aromatic N) is 4. The highest BCUT2D eigenvalue weighted by Gasteiger charge is 2.03. The summed E-state index contributed by atoms with van der Waals surface area (Å²) in [5.74, 6) is 2.23. The molecule has 0 aliphatic heterocycles. The van der Waals surface area contributed by atoms with Gasteiger partial charge in [0.1, 0.15) is 0 Å². The van der Waals surface area contributed by atoms with Crippen molar-refractivity contribution in [2.24, 2.45) is 4.99 Å². The summed E-state index contributed by atoms with van der Waals surface area (Å²) in [4.78, 5) is 8.89. The maximum atomic E-state index is 5.13. The topological polar surface area (TPSA) is 80.3 Å². The molecule has 0 amide bonds. The number of aliphatic imine (C=N–C) groups is 1. The third-order valence-corrected chi connectivity index (χ3v) is 4.28. The van der Waals surface area contributed by atoms with Crippen molar-refractivity contribution in [2.75, 3.05) is 19.6 Å². The Bertz CT molecular complexity index is 866. The van der Waals surface area contributed by atoms with E-state index in [1.54, 1.807) is 0 Å². The van der Waals surface area contributed by atoms with Gasteiger partial charge in [0.2, 0.25) is 5.89 Å². The number of hydrogen-bond acceptors (Lipinski definition) is 4. The zero-order valence-corrected chi connectivity index (χ0v) is 16.1. The lowest BCUT2D eigenvalue weighted by Crippen LogP contribution is -2.38. The number of fused-ring (bicyclic) bond motifs is 1. The average Bonchev–Trinajstić information content (AvgIpc) is 3.28. The molecule has 2 heterocycles. The van der Waals surface area contributed by atoms with Crippen LogP contribution in [0.2, 0.25) is 0 Å². The van der Waals surface area contributed by atoms with Crippen LogP contribution in [0.25, 0.3) is 10.9 Å². The van der Waals surface area contributed by atoms with E-state index in [-0.39, 0.29) is 0 Å². The number of benzene rings is 1. The van der Waals surface area contributed by atoms with E-state index in [1.165, 1.54) is 10.9 Å². The maximum absolute atomic E-state index is 5.13. The second-order valence-corrected chi connectivity index (χ2v) is 6.45. The first-order chi connectivity index (χ1) is 13.3. The Morgan fingerprint density at radius 1 is 1.19 bits per heavy atom. The van der Waals surface area contributed by atoms with E-state index in [9.17, 15) is 0 Å². The van der Waals surface area contributed by atoms with Crippen LogP contribution >= 0.6 is 0 Å². The minimum absolute atomic E-state index is 0.684. The fourth-order valence-corrected chi connectivity index (χ4v) is 3.00. The molecular formula is C20H28N6O. The van der Waals surface area contributed by atoms with E-state index in [0.29, 0.717) is 11.7 Å². The van der Waals surface area contributed by atoms with Crippen LogP contribution in [-0.4, -0.2) is 40.3 Å². The molecule has 0 unspecified atom stereocenters. The van der Waals surface area contributed by atoms with E-state index in [4.69, 9.17) is 4.52 Å². The van der Waals surface area contributed by atoms with Gasteiger partial charge in [-0.2, -0.15) is 4.98 Å². The van der Waals surface area contributed by atoms with E-state index in [1.807, 2.05) is 6.92 Å². The predicted molar refractivity (Wildman–Crippen MR) is 108 cm³/mol. The molecule has 2 aromatic heterocycles. The fourth-order valence-electron chi connectivity index (χ4n) is 3.00. The van der Waals surface area contributed by atoms with Gasteiger partial charge >= 0.3 is 0 Å². The summed E-state index contributed by atoms with van der Waals surface area (Å²) in [7, 11) is 0. The van der Waals surface area contributed by atoms with Gasteiger partial charge in [0.05, 0.1) is 0 Å². The standard InChI is InChI=1S/C20H28N6O/c1-3-21-20(22-12-6-10-19-24-16(2)25-27-19)23-13-7-14-26-15-11-17-8-4-5-9-18(17)26/h4-5,8-9,11,15H,3,6-7,10,12-14H2,1-2H3,(H2,21,22,23). The summed E-state index contributed by atoms with van der Waals surface area (Å²) >= 11 is 0. The molecular weight excluding hydrogens is 340 g/mol. The molecule has 3 rings (SSSR count). The molecule has 0 saturated carbocycles. The Kier molecular flexibility index (Phi) is 6.84. The van der Waals surface area contributed by atoms with Crippen molar-refractivity contribution in [3.05, 3.63) is 48.2 Å². The van der Waals surface area contributed by atoms with E-state index in [2.05, 4.69) is 73.8 Å². The smallest absolute Gasteiger partial charge is 0.226 e. The van der Waals surface area contributed by atoms with Crippen LogP contribution < -0.4 is 10.6 Å². The van der Waals surface area contributed by atoms with Crippen molar-refractivity contribution in [3.8, 4) is 0 Å². The molecule has 1 aromatic carbocycles. The lowest BCUT2D eigenvalue weighted by Gasteiger charge is -2.11. The Morgan fingerprint density at radius 2 is 2.07 bits per heavy atom. The molecule has 0 radical (unpaired) electrons. The molecule has 2 N–H and O–H groups in total. The fraction of sp³-hybridized carbons (Fsp3) is 0.450. The molecule has 0 atom stereocenters. The van der Waals surface area contributed by atoms with Crippen molar-refractivity contribution >= 4 is 16.9 Å². The number of nitrogens with one attached hydrogen (secondary N) is 2. The zero-order valence-electron chi connectivity index (χ0n) is 16.1. The predicted octanol–water partition coefficient (Wildman–Crippen LogP) is 2.91. The van der Waals surface area contributed by atoms with Crippen LogP contribution in [0.15, 0.2) is 46.0 Å². The van der Waals surface area contributed by atoms with Gasteiger partial charge in [0, 0.05) is 44.3 Å². The van der Waals surface area contributed by atoms with Crippen molar-refractivity contribution < 1.29 is 4.52 Å². The Labute approximate surface area is 159 Å². The third-order valence-electron chi connectivity index (χ3n) is 4.28. The average molecular weight is 368 g/mol. The van der Waals surface area contributed by atoms with E-state index in [0.717, 1.165) is 51.4 Å². The highest BCUT2D eigenvalue weighted by Crippen LogP contribution is 2.15. The SMILES string of the molecule is CCNC(=NCCCn1ccc2ccccc21)NCCCc1nc(C)no1. The summed E-state index contributed by atoms with van der Waals surface area (Å²) in [5, 5.41) is 11.7. The first-order valence-electron chi connectivity index (χ1n) is 9.61. The second-order valence-electron chi connectivity index (χ2n) is 6.45. The van der Waals surface area contributed by atoms with Crippen molar-refractivity contribution in [1.29, 1.82) is 0 Å². The van der Waals surface area contributed by atoms with Crippen LogP contribution in [0.5, 0.6) is 0 Å². The second kappa shape index (κ2) is 9.75. The van der Waals surface area contributed by atoms with Gasteiger partial charge in [-0.25, -0.2) is 0 Å². The van der Waals surface area contributed by atoms with Crippen LogP contribution in [0.1, 0.15) is 31.5 Å². The summed E-state index contributed by atoms with van der Waals surface area (Å²) in [5.41, 5.74) is 1.28. The minimum atomic E-state index is 0.684. The lowest BCUT2D eigenvalue weighted by atomic mass is 10.2. The maximum Gasteiger partial charge on any atom is 0.226 e.